The first-order chi connectivity index (χ1) is 9.61. The van der Waals surface area contributed by atoms with Gasteiger partial charge >= 0.3 is 0 Å². The molecule has 106 valence electrons. The minimum absolute atomic E-state index is 0.0577. The van der Waals surface area contributed by atoms with Gasteiger partial charge in [0.25, 0.3) is 0 Å². The van der Waals surface area contributed by atoms with Crippen LogP contribution in [0, 0.1) is 6.92 Å². The predicted molar refractivity (Wildman–Crippen MR) is 75.8 cm³/mol. The van der Waals surface area contributed by atoms with Gasteiger partial charge in [0.1, 0.15) is 18.7 Å². The third-order valence-corrected chi connectivity index (χ3v) is 3.07. The zero-order valence-electron chi connectivity index (χ0n) is 12.1. The lowest BCUT2D eigenvalue weighted by atomic mass is 10.1. The van der Waals surface area contributed by atoms with Crippen LogP contribution in [0.15, 0.2) is 24.5 Å². The maximum Gasteiger partial charge on any atom is 0.164 e. The Bertz CT molecular complexity index is 605. The zero-order chi connectivity index (χ0) is 14.5. The second-order valence-corrected chi connectivity index (χ2v) is 4.72. The Balaban J connectivity index is 2.07. The molecular formula is C15H19N3O2. The molecule has 0 spiro atoms. The monoisotopic (exact) mass is 273 g/mol. The maximum atomic E-state index is 11.3. The molecule has 0 fully saturated rings. The van der Waals surface area contributed by atoms with Crippen LogP contribution in [0.5, 0.6) is 5.75 Å². The van der Waals surface area contributed by atoms with Gasteiger partial charge in [0.05, 0.1) is 0 Å². The van der Waals surface area contributed by atoms with Gasteiger partial charge in [-0.15, -0.1) is 0 Å². The van der Waals surface area contributed by atoms with Gasteiger partial charge in [-0.1, -0.05) is 6.92 Å². The predicted octanol–water partition coefficient (Wildman–Crippen LogP) is 2.78. The average Bonchev–Trinajstić information content (AvgIpc) is 2.85. The summed E-state index contributed by atoms with van der Waals surface area (Å²) in [5.74, 6) is 1.63. The summed E-state index contributed by atoms with van der Waals surface area (Å²) in [6, 6.07) is 5.45. The van der Waals surface area contributed by atoms with Crippen molar-refractivity contribution in [3.05, 3.63) is 41.5 Å². The maximum absolute atomic E-state index is 11.3. The van der Waals surface area contributed by atoms with Crippen molar-refractivity contribution in [3.8, 4) is 5.75 Å². The number of hydrogen-bond donors (Lipinski definition) is 0. The van der Waals surface area contributed by atoms with Crippen molar-refractivity contribution in [2.45, 2.75) is 40.3 Å². The summed E-state index contributed by atoms with van der Waals surface area (Å²) in [6.07, 6.45) is 2.54. The third-order valence-electron chi connectivity index (χ3n) is 3.07. The van der Waals surface area contributed by atoms with Crippen LogP contribution in [0.1, 0.15) is 42.0 Å². The molecule has 0 aliphatic rings. The highest BCUT2D eigenvalue weighted by atomic mass is 16.5. The quantitative estimate of drug-likeness (QED) is 0.759. The van der Waals surface area contributed by atoms with E-state index in [2.05, 4.69) is 17.0 Å². The lowest BCUT2D eigenvalue weighted by Gasteiger charge is -2.10. The Morgan fingerprint density at radius 3 is 2.85 bits per heavy atom. The van der Waals surface area contributed by atoms with Crippen LogP contribution in [-0.4, -0.2) is 20.5 Å². The van der Waals surface area contributed by atoms with E-state index >= 15 is 0 Å². The molecule has 20 heavy (non-hydrogen) atoms. The van der Waals surface area contributed by atoms with E-state index in [0.717, 1.165) is 30.1 Å². The minimum atomic E-state index is 0.0577. The summed E-state index contributed by atoms with van der Waals surface area (Å²) in [6.45, 7) is 6.79. The number of ketones is 1. The third kappa shape index (κ3) is 3.23. The molecule has 0 atom stereocenters. The Morgan fingerprint density at radius 2 is 2.20 bits per heavy atom. The molecule has 0 aliphatic carbocycles. The van der Waals surface area contributed by atoms with Crippen molar-refractivity contribution >= 4 is 5.78 Å². The SMILES string of the molecule is CCCn1ncnc1COc1ccc(C(C)=O)cc1C. The second kappa shape index (κ2) is 6.32. The number of carbonyl (C=O) groups excluding carboxylic acids is 1. The first-order valence-electron chi connectivity index (χ1n) is 6.73. The summed E-state index contributed by atoms with van der Waals surface area (Å²) < 4.78 is 7.61. The second-order valence-electron chi connectivity index (χ2n) is 4.72. The molecule has 0 saturated heterocycles. The Morgan fingerprint density at radius 1 is 1.40 bits per heavy atom. The number of aryl methyl sites for hydroxylation is 2. The van der Waals surface area contributed by atoms with Gasteiger partial charge in [-0.05, 0) is 44.0 Å². The van der Waals surface area contributed by atoms with Gasteiger partial charge in [-0.25, -0.2) is 9.67 Å². The van der Waals surface area contributed by atoms with Crippen molar-refractivity contribution in [1.29, 1.82) is 0 Å². The number of nitrogens with zero attached hydrogens (tertiary/aromatic N) is 3. The number of ether oxygens (including phenoxy) is 1. The van der Waals surface area contributed by atoms with E-state index in [1.54, 1.807) is 19.3 Å². The molecule has 0 amide bonds. The fourth-order valence-electron chi connectivity index (χ4n) is 1.97. The summed E-state index contributed by atoms with van der Waals surface area (Å²) in [7, 11) is 0. The summed E-state index contributed by atoms with van der Waals surface area (Å²) >= 11 is 0. The number of carbonyl (C=O) groups is 1. The van der Waals surface area contributed by atoms with Crippen molar-refractivity contribution in [2.75, 3.05) is 0 Å². The largest absolute Gasteiger partial charge is 0.485 e. The highest BCUT2D eigenvalue weighted by molar-refractivity contribution is 5.94. The molecule has 0 saturated carbocycles. The van der Waals surface area contributed by atoms with Crippen LogP contribution in [0.3, 0.4) is 0 Å². The fraction of sp³-hybridized carbons (Fsp3) is 0.400. The molecule has 2 aromatic rings. The van der Waals surface area contributed by atoms with Crippen LogP contribution in [0.25, 0.3) is 0 Å². The van der Waals surface area contributed by atoms with E-state index in [9.17, 15) is 4.79 Å². The van der Waals surface area contributed by atoms with E-state index in [1.807, 2.05) is 23.7 Å². The first-order valence-corrected chi connectivity index (χ1v) is 6.73. The van der Waals surface area contributed by atoms with E-state index in [4.69, 9.17) is 4.74 Å². The lowest BCUT2D eigenvalue weighted by molar-refractivity contribution is 0.101. The van der Waals surface area contributed by atoms with Gasteiger partial charge in [0, 0.05) is 12.1 Å². The van der Waals surface area contributed by atoms with E-state index in [1.165, 1.54) is 0 Å². The average molecular weight is 273 g/mol. The number of hydrogen-bond acceptors (Lipinski definition) is 4. The summed E-state index contributed by atoms with van der Waals surface area (Å²) in [5.41, 5.74) is 1.64. The van der Waals surface area contributed by atoms with Crippen LogP contribution < -0.4 is 4.74 Å². The van der Waals surface area contributed by atoms with E-state index < -0.39 is 0 Å². The Hall–Kier alpha value is -2.17. The molecule has 0 unspecified atom stereocenters. The van der Waals surface area contributed by atoms with Gasteiger partial charge in [-0.2, -0.15) is 5.10 Å². The van der Waals surface area contributed by atoms with Crippen LogP contribution in [0.2, 0.25) is 0 Å². The number of rotatable bonds is 6. The molecule has 0 aliphatic heterocycles. The molecule has 0 bridgehead atoms. The van der Waals surface area contributed by atoms with Gasteiger partial charge in [0.15, 0.2) is 11.6 Å². The standard InChI is InChI=1S/C15H19N3O2/c1-4-7-18-15(16-10-17-18)9-20-14-6-5-13(12(3)19)8-11(14)2/h5-6,8,10H,4,7,9H2,1-3H3. The minimum Gasteiger partial charge on any atom is -0.485 e. The van der Waals surface area contributed by atoms with E-state index in [-0.39, 0.29) is 5.78 Å². The molecule has 5 nitrogen and oxygen atoms in total. The van der Waals surface area contributed by atoms with Crippen molar-refractivity contribution < 1.29 is 9.53 Å². The molecule has 2 rings (SSSR count). The molecular weight excluding hydrogens is 254 g/mol. The topological polar surface area (TPSA) is 57.0 Å². The van der Waals surface area contributed by atoms with Crippen molar-refractivity contribution in [2.24, 2.45) is 0 Å². The molecule has 1 aromatic heterocycles. The van der Waals surface area contributed by atoms with Crippen molar-refractivity contribution in [1.82, 2.24) is 14.8 Å². The summed E-state index contributed by atoms with van der Waals surface area (Å²) in [5, 5.41) is 4.16. The van der Waals surface area contributed by atoms with Crippen LogP contribution >= 0.6 is 0 Å². The molecule has 1 aromatic carbocycles. The number of aromatic nitrogens is 3. The summed E-state index contributed by atoms with van der Waals surface area (Å²) in [4.78, 5) is 15.5. The molecule has 1 heterocycles. The first kappa shape index (κ1) is 14.2. The van der Waals surface area contributed by atoms with Crippen LogP contribution in [-0.2, 0) is 13.2 Å². The molecule has 5 heteroatoms. The number of benzene rings is 1. The Labute approximate surface area is 118 Å². The molecule has 0 N–H and O–H groups in total. The zero-order valence-corrected chi connectivity index (χ0v) is 12.1. The van der Waals surface area contributed by atoms with Gasteiger partial charge < -0.3 is 4.74 Å². The normalized spacial score (nSPS) is 10.6. The molecule has 0 radical (unpaired) electrons. The van der Waals surface area contributed by atoms with Gasteiger partial charge in [-0.3, -0.25) is 4.79 Å². The highest BCUT2D eigenvalue weighted by Crippen LogP contribution is 2.20. The van der Waals surface area contributed by atoms with E-state index in [0.29, 0.717) is 12.2 Å². The lowest BCUT2D eigenvalue weighted by Crippen LogP contribution is -2.09. The number of Topliss-reactive ketones (excluding diaryl/α,β-unsaturated/α-hetero) is 1. The fourth-order valence-corrected chi connectivity index (χ4v) is 1.97. The van der Waals surface area contributed by atoms with Crippen LogP contribution in [0.4, 0.5) is 0 Å². The Kier molecular flexibility index (Phi) is 4.50. The van der Waals surface area contributed by atoms with Crippen molar-refractivity contribution in [3.63, 3.8) is 0 Å². The van der Waals surface area contributed by atoms with Gasteiger partial charge in [0.2, 0.25) is 0 Å². The smallest absolute Gasteiger partial charge is 0.164 e. The highest BCUT2D eigenvalue weighted by Gasteiger charge is 2.07.